The zero-order valence-electron chi connectivity index (χ0n) is 11.9. The molecule has 19 heavy (non-hydrogen) atoms. The van der Waals surface area contributed by atoms with E-state index < -0.39 is 0 Å². The first-order valence-corrected chi connectivity index (χ1v) is 6.61. The van der Waals surface area contributed by atoms with Crippen LogP contribution in [0.5, 0.6) is 0 Å². The van der Waals surface area contributed by atoms with Gasteiger partial charge < -0.3 is 4.42 Å². The summed E-state index contributed by atoms with van der Waals surface area (Å²) in [6.07, 6.45) is 12.5. The third kappa shape index (κ3) is 1.86. The van der Waals surface area contributed by atoms with Gasteiger partial charge in [-0.05, 0) is 55.6 Å². The fourth-order valence-corrected chi connectivity index (χ4v) is 3.06. The van der Waals surface area contributed by atoms with E-state index in [4.69, 9.17) is 4.42 Å². The molecule has 1 heteroatoms. The van der Waals surface area contributed by atoms with Gasteiger partial charge >= 0.3 is 0 Å². The monoisotopic (exact) mass is 250 g/mol. The molecule has 2 aliphatic carbocycles. The summed E-state index contributed by atoms with van der Waals surface area (Å²) in [5.74, 6) is 0. The highest BCUT2D eigenvalue weighted by Gasteiger charge is 2.22. The Morgan fingerprint density at radius 3 is 2.37 bits per heavy atom. The van der Waals surface area contributed by atoms with Gasteiger partial charge in [-0.15, -0.1) is 0 Å². The minimum Gasteiger partial charge on any atom is -0.471 e. The Morgan fingerprint density at radius 1 is 0.789 bits per heavy atom. The van der Waals surface area contributed by atoms with Crippen LogP contribution in [0.3, 0.4) is 0 Å². The highest BCUT2D eigenvalue weighted by atomic mass is 16.3. The lowest BCUT2D eigenvalue weighted by Crippen LogP contribution is -1.95. The molecule has 0 unspecified atom stereocenters. The summed E-state index contributed by atoms with van der Waals surface area (Å²) in [5.41, 5.74) is 10.2. The van der Waals surface area contributed by atoms with E-state index in [1.54, 1.807) is 0 Å². The van der Waals surface area contributed by atoms with Gasteiger partial charge in [0, 0.05) is 11.1 Å². The minimum atomic E-state index is 1.16. The normalized spacial score (nSPS) is 18.5. The van der Waals surface area contributed by atoms with Crippen molar-refractivity contribution in [3.05, 3.63) is 69.7 Å². The third-order valence-electron chi connectivity index (χ3n) is 3.80. The molecule has 0 N–H and O–H groups in total. The van der Waals surface area contributed by atoms with Gasteiger partial charge in [0.15, 0.2) is 0 Å². The number of furan rings is 1. The first-order chi connectivity index (χ1) is 9.08. The Labute approximate surface area is 114 Å². The lowest BCUT2D eigenvalue weighted by atomic mass is 9.89. The zero-order valence-corrected chi connectivity index (χ0v) is 11.9. The van der Waals surface area contributed by atoms with Gasteiger partial charge in [-0.1, -0.05) is 29.9 Å². The number of hydrogen-bond acceptors (Lipinski definition) is 1. The third-order valence-corrected chi connectivity index (χ3v) is 3.80. The summed E-state index contributed by atoms with van der Waals surface area (Å²) in [4.78, 5) is 0. The van der Waals surface area contributed by atoms with Crippen molar-refractivity contribution in [3.63, 3.8) is 0 Å². The molecule has 0 amide bonds. The topological polar surface area (TPSA) is 13.1 Å². The van der Waals surface area contributed by atoms with Gasteiger partial charge in [0.1, 0.15) is 0 Å². The second-order valence-electron chi connectivity index (χ2n) is 5.41. The van der Waals surface area contributed by atoms with E-state index in [1.165, 1.54) is 39.0 Å². The van der Waals surface area contributed by atoms with Crippen LogP contribution in [0.2, 0.25) is 0 Å². The molecule has 1 aromatic rings. The maximum atomic E-state index is 5.41. The first kappa shape index (κ1) is 12.0. The molecule has 0 atom stereocenters. The largest absolute Gasteiger partial charge is 0.471 e. The van der Waals surface area contributed by atoms with Crippen molar-refractivity contribution in [1.82, 2.24) is 0 Å². The summed E-state index contributed by atoms with van der Waals surface area (Å²) in [6, 6.07) is 0. The summed E-state index contributed by atoms with van der Waals surface area (Å²) in [7, 11) is 0. The number of fused-ring (bicyclic) bond motifs is 3. The molecule has 0 spiro atoms. The smallest absolute Gasteiger partial charge is 0.0987 e. The molecule has 1 nitrogen and oxygen atoms in total. The van der Waals surface area contributed by atoms with Crippen LogP contribution < -0.4 is 0 Å². The molecule has 0 saturated heterocycles. The number of allylic oxidation sites excluding steroid dienone is 9. The fraction of sp³-hybridized carbons (Fsp3) is 0.222. The molecule has 0 aromatic carbocycles. The summed E-state index contributed by atoms with van der Waals surface area (Å²) >= 11 is 0. The maximum Gasteiger partial charge on any atom is 0.0987 e. The Morgan fingerprint density at radius 2 is 1.58 bits per heavy atom. The van der Waals surface area contributed by atoms with Crippen LogP contribution in [0, 0.1) is 0 Å². The van der Waals surface area contributed by atoms with Crippen LogP contribution in [-0.4, -0.2) is 0 Å². The average Bonchev–Trinajstić information content (AvgIpc) is 2.69. The number of rotatable bonds is 0. The molecule has 0 bridgehead atoms. The maximum absolute atomic E-state index is 5.41. The van der Waals surface area contributed by atoms with E-state index >= 15 is 0 Å². The second-order valence-corrected chi connectivity index (χ2v) is 5.41. The van der Waals surface area contributed by atoms with Crippen LogP contribution in [0.15, 0.2) is 63.0 Å². The lowest BCUT2D eigenvalue weighted by Gasteiger charge is -2.14. The van der Waals surface area contributed by atoms with Gasteiger partial charge in [0.05, 0.1) is 12.5 Å². The Kier molecular flexibility index (Phi) is 2.70. The average molecular weight is 250 g/mol. The predicted octanol–water partition coefficient (Wildman–Crippen LogP) is 5.30. The molecule has 0 fully saturated rings. The Hall–Kier alpha value is -2.02. The Bertz CT molecular complexity index is 700. The molecule has 1 heterocycles. The van der Waals surface area contributed by atoms with E-state index in [-0.39, 0.29) is 0 Å². The zero-order chi connectivity index (χ0) is 13.6. The van der Waals surface area contributed by atoms with Crippen molar-refractivity contribution in [1.29, 1.82) is 0 Å². The van der Waals surface area contributed by atoms with Crippen LogP contribution >= 0.6 is 0 Å². The molecule has 0 saturated carbocycles. The van der Waals surface area contributed by atoms with E-state index in [1.807, 2.05) is 12.5 Å². The van der Waals surface area contributed by atoms with Crippen LogP contribution in [0.4, 0.5) is 0 Å². The Balaban J connectivity index is 2.41. The van der Waals surface area contributed by atoms with Crippen molar-refractivity contribution in [2.45, 2.75) is 27.7 Å². The van der Waals surface area contributed by atoms with Gasteiger partial charge in [0.25, 0.3) is 0 Å². The standard InChI is InChI=1S/C18H18O/c1-11-7-13(3)17-12(2)5-6-15-9-19-10-16(15)18(17)14(4)8-11/h5-10H,1-4H3. The van der Waals surface area contributed by atoms with Crippen molar-refractivity contribution in [2.75, 3.05) is 0 Å². The molecule has 0 radical (unpaired) electrons. The summed E-state index contributed by atoms with van der Waals surface area (Å²) < 4.78 is 5.41. The molecular formula is C18H18O. The lowest BCUT2D eigenvalue weighted by molar-refractivity contribution is 0.566. The van der Waals surface area contributed by atoms with Gasteiger partial charge in [-0.2, -0.15) is 0 Å². The highest BCUT2D eigenvalue weighted by molar-refractivity contribution is 5.93. The van der Waals surface area contributed by atoms with Crippen molar-refractivity contribution >= 4 is 11.6 Å². The second kappa shape index (κ2) is 4.27. The van der Waals surface area contributed by atoms with Crippen molar-refractivity contribution < 1.29 is 4.42 Å². The minimum absolute atomic E-state index is 1.16. The van der Waals surface area contributed by atoms with Crippen LogP contribution in [0.1, 0.15) is 38.8 Å². The molecule has 96 valence electrons. The quantitative estimate of drug-likeness (QED) is 0.608. The van der Waals surface area contributed by atoms with Crippen molar-refractivity contribution in [2.24, 2.45) is 0 Å². The first-order valence-electron chi connectivity index (χ1n) is 6.61. The SMILES string of the molecule is CC1=CC(C)=C2C(=C(C)C=Cc3cocc32)C(C)=C1. The van der Waals surface area contributed by atoms with Gasteiger partial charge in [0.2, 0.25) is 0 Å². The van der Waals surface area contributed by atoms with Crippen LogP contribution in [0.25, 0.3) is 11.6 Å². The summed E-state index contributed by atoms with van der Waals surface area (Å²) in [5, 5.41) is 0. The van der Waals surface area contributed by atoms with E-state index in [2.05, 4.69) is 52.0 Å². The van der Waals surface area contributed by atoms with E-state index in [0.717, 1.165) is 5.56 Å². The molecule has 0 aliphatic heterocycles. The predicted molar refractivity (Wildman–Crippen MR) is 80.6 cm³/mol. The van der Waals surface area contributed by atoms with E-state index in [0.29, 0.717) is 0 Å². The summed E-state index contributed by atoms with van der Waals surface area (Å²) in [6.45, 7) is 8.70. The van der Waals surface area contributed by atoms with Crippen molar-refractivity contribution in [3.8, 4) is 0 Å². The number of hydrogen-bond donors (Lipinski definition) is 0. The van der Waals surface area contributed by atoms with Crippen LogP contribution in [-0.2, 0) is 0 Å². The fourth-order valence-electron chi connectivity index (χ4n) is 3.06. The molecule has 1 aromatic heterocycles. The van der Waals surface area contributed by atoms with E-state index in [9.17, 15) is 0 Å². The van der Waals surface area contributed by atoms with Gasteiger partial charge in [-0.25, -0.2) is 0 Å². The molecular weight excluding hydrogens is 232 g/mol. The molecule has 3 rings (SSSR count). The molecule has 2 aliphatic rings. The van der Waals surface area contributed by atoms with Gasteiger partial charge in [-0.3, -0.25) is 0 Å². The highest BCUT2D eigenvalue weighted by Crippen LogP contribution is 2.41.